The number of nitro groups is 1. The minimum absolute atomic E-state index is 0.0165. The van der Waals surface area contributed by atoms with Gasteiger partial charge >= 0.3 is 5.97 Å². The number of rotatable bonds is 6. The summed E-state index contributed by atoms with van der Waals surface area (Å²) in [5.74, 6) is -3.72. The molecular formula is C17H14F2N2O6. The second kappa shape index (κ2) is 8.21. The topological polar surface area (TPSA) is 108 Å². The Hall–Kier alpha value is -3.56. The summed E-state index contributed by atoms with van der Waals surface area (Å²) in [6, 6.07) is 5.85. The van der Waals surface area contributed by atoms with E-state index in [0.29, 0.717) is 6.07 Å². The smallest absolute Gasteiger partial charge is 0.342 e. The highest BCUT2D eigenvalue weighted by atomic mass is 19.1. The molecule has 1 unspecified atom stereocenters. The number of methoxy groups -OCH3 is 1. The monoisotopic (exact) mass is 380 g/mol. The predicted molar refractivity (Wildman–Crippen MR) is 89.5 cm³/mol. The van der Waals surface area contributed by atoms with E-state index < -0.39 is 34.5 Å². The summed E-state index contributed by atoms with van der Waals surface area (Å²) in [7, 11) is 1.26. The predicted octanol–water partition coefficient (Wildman–Crippen LogP) is 3.07. The molecule has 0 saturated heterocycles. The summed E-state index contributed by atoms with van der Waals surface area (Å²) < 4.78 is 36.4. The van der Waals surface area contributed by atoms with Crippen molar-refractivity contribution in [1.29, 1.82) is 0 Å². The molecule has 0 radical (unpaired) electrons. The fourth-order valence-corrected chi connectivity index (χ4v) is 2.07. The number of hydrogen-bond acceptors (Lipinski definition) is 6. The van der Waals surface area contributed by atoms with Gasteiger partial charge in [-0.05, 0) is 25.1 Å². The Kier molecular flexibility index (Phi) is 6.01. The zero-order chi connectivity index (χ0) is 20.1. The second-order valence-electron chi connectivity index (χ2n) is 5.30. The van der Waals surface area contributed by atoms with Crippen LogP contribution in [0.5, 0.6) is 5.75 Å². The van der Waals surface area contributed by atoms with Crippen LogP contribution in [0.4, 0.5) is 20.2 Å². The van der Waals surface area contributed by atoms with Crippen molar-refractivity contribution in [3.63, 3.8) is 0 Å². The molecule has 2 rings (SSSR count). The van der Waals surface area contributed by atoms with Gasteiger partial charge in [-0.1, -0.05) is 0 Å². The highest BCUT2D eigenvalue weighted by Crippen LogP contribution is 2.25. The van der Waals surface area contributed by atoms with Gasteiger partial charge in [0.05, 0.1) is 17.7 Å². The Balaban J connectivity index is 2.13. The Labute approximate surface area is 151 Å². The van der Waals surface area contributed by atoms with Crippen LogP contribution in [0.3, 0.4) is 0 Å². The van der Waals surface area contributed by atoms with Crippen molar-refractivity contribution in [3.05, 3.63) is 63.7 Å². The lowest BCUT2D eigenvalue weighted by Crippen LogP contribution is -2.30. The number of carbonyl (C=O) groups is 2. The van der Waals surface area contributed by atoms with E-state index in [-0.39, 0.29) is 22.7 Å². The number of benzene rings is 2. The van der Waals surface area contributed by atoms with E-state index in [1.165, 1.54) is 20.1 Å². The number of anilines is 1. The first-order valence-corrected chi connectivity index (χ1v) is 7.52. The number of hydrogen-bond donors (Lipinski definition) is 1. The van der Waals surface area contributed by atoms with E-state index in [9.17, 15) is 28.5 Å². The third-order valence-corrected chi connectivity index (χ3v) is 3.46. The molecule has 27 heavy (non-hydrogen) atoms. The first-order valence-electron chi connectivity index (χ1n) is 7.52. The van der Waals surface area contributed by atoms with Crippen molar-refractivity contribution in [2.75, 3.05) is 12.4 Å². The zero-order valence-electron chi connectivity index (χ0n) is 14.2. The fourth-order valence-electron chi connectivity index (χ4n) is 2.07. The zero-order valence-corrected chi connectivity index (χ0v) is 14.2. The number of ether oxygens (including phenoxy) is 2. The van der Waals surface area contributed by atoms with E-state index in [2.05, 4.69) is 5.32 Å². The van der Waals surface area contributed by atoms with E-state index in [0.717, 1.165) is 24.3 Å². The molecule has 0 fully saturated rings. The SMILES string of the molecule is COc1ccc([N+](=O)[O-])cc1C(=O)OC(C)C(=O)Nc1ccc(F)cc1F. The molecule has 2 aromatic rings. The third-order valence-electron chi connectivity index (χ3n) is 3.46. The van der Waals surface area contributed by atoms with E-state index in [4.69, 9.17) is 9.47 Å². The van der Waals surface area contributed by atoms with E-state index in [1.807, 2.05) is 0 Å². The van der Waals surface area contributed by atoms with Crippen molar-refractivity contribution >= 4 is 23.3 Å². The molecule has 0 aromatic heterocycles. The average Bonchev–Trinajstić information content (AvgIpc) is 2.63. The molecule has 0 aliphatic carbocycles. The number of amides is 1. The molecule has 8 nitrogen and oxygen atoms in total. The van der Waals surface area contributed by atoms with Crippen molar-refractivity contribution in [2.24, 2.45) is 0 Å². The Bertz CT molecular complexity index is 903. The molecule has 0 saturated carbocycles. The van der Waals surface area contributed by atoms with Gasteiger partial charge in [0.1, 0.15) is 22.9 Å². The number of nitrogens with zero attached hydrogens (tertiary/aromatic N) is 1. The van der Waals surface area contributed by atoms with E-state index in [1.54, 1.807) is 0 Å². The van der Waals surface area contributed by atoms with E-state index >= 15 is 0 Å². The standard InChI is InChI=1S/C17H14F2N2O6/c1-9(16(22)20-14-5-3-10(18)7-13(14)19)27-17(23)12-8-11(21(24)25)4-6-15(12)26-2/h3-9H,1-2H3,(H,20,22). The number of esters is 1. The van der Waals surface area contributed by atoms with Crippen LogP contribution < -0.4 is 10.1 Å². The highest BCUT2D eigenvalue weighted by Gasteiger charge is 2.24. The fraction of sp³-hybridized carbons (Fsp3) is 0.176. The van der Waals surface area contributed by atoms with Crippen LogP contribution in [-0.4, -0.2) is 30.0 Å². The molecule has 0 aliphatic heterocycles. The molecule has 1 atom stereocenters. The molecule has 2 aromatic carbocycles. The Morgan fingerprint density at radius 2 is 1.89 bits per heavy atom. The van der Waals surface area contributed by atoms with Gasteiger partial charge < -0.3 is 14.8 Å². The molecule has 1 amide bonds. The minimum atomic E-state index is -1.37. The van der Waals surface area contributed by atoms with Gasteiger partial charge in [0, 0.05) is 18.2 Å². The minimum Gasteiger partial charge on any atom is -0.496 e. The number of nitrogens with one attached hydrogen (secondary N) is 1. The molecule has 0 heterocycles. The summed E-state index contributed by atoms with van der Waals surface area (Å²) in [5, 5.41) is 13.0. The molecule has 0 aliphatic rings. The van der Waals surface area contributed by atoms with Gasteiger partial charge in [-0.15, -0.1) is 0 Å². The maximum Gasteiger partial charge on any atom is 0.342 e. The normalized spacial score (nSPS) is 11.4. The van der Waals surface area contributed by atoms with Crippen LogP contribution in [0.15, 0.2) is 36.4 Å². The van der Waals surface area contributed by atoms with Gasteiger partial charge in [0.25, 0.3) is 11.6 Å². The average molecular weight is 380 g/mol. The second-order valence-corrected chi connectivity index (χ2v) is 5.30. The van der Waals surface area contributed by atoms with Crippen LogP contribution in [0, 0.1) is 21.7 Å². The van der Waals surface area contributed by atoms with Crippen molar-refractivity contribution in [3.8, 4) is 5.75 Å². The van der Waals surface area contributed by atoms with Crippen LogP contribution in [0.1, 0.15) is 17.3 Å². The van der Waals surface area contributed by atoms with Crippen LogP contribution in [0.2, 0.25) is 0 Å². The quantitative estimate of drug-likeness (QED) is 0.469. The lowest BCUT2D eigenvalue weighted by atomic mass is 10.1. The lowest BCUT2D eigenvalue weighted by molar-refractivity contribution is -0.384. The molecule has 0 spiro atoms. The van der Waals surface area contributed by atoms with Crippen molar-refractivity contribution in [2.45, 2.75) is 13.0 Å². The van der Waals surface area contributed by atoms with Gasteiger partial charge in [-0.3, -0.25) is 14.9 Å². The molecule has 0 bridgehead atoms. The maximum atomic E-state index is 13.6. The molecule has 10 heteroatoms. The number of nitro benzene ring substituents is 1. The van der Waals surface area contributed by atoms with Gasteiger partial charge in [0.2, 0.25) is 0 Å². The lowest BCUT2D eigenvalue weighted by Gasteiger charge is -2.15. The summed E-state index contributed by atoms with van der Waals surface area (Å²) in [4.78, 5) is 34.5. The molecule has 142 valence electrons. The summed E-state index contributed by atoms with van der Waals surface area (Å²) in [6.07, 6.45) is -1.37. The maximum absolute atomic E-state index is 13.6. The number of non-ortho nitro benzene ring substituents is 1. The Morgan fingerprint density at radius 3 is 2.48 bits per heavy atom. The van der Waals surface area contributed by atoms with Crippen molar-refractivity contribution in [1.82, 2.24) is 0 Å². The van der Waals surface area contributed by atoms with Crippen LogP contribution in [0.25, 0.3) is 0 Å². The Morgan fingerprint density at radius 1 is 1.19 bits per heavy atom. The number of carbonyl (C=O) groups excluding carboxylic acids is 2. The summed E-state index contributed by atoms with van der Waals surface area (Å²) in [5.41, 5.74) is -0.912. The van der Waals surface area contributed by atoms with Gasteiger partial charge in [-0.2, -0.15) is 0 Å². The van der Waals surface area contributed by atoms with Gasteiger partial charge in [-0.25, -0.2) is 13.6 Å². The molecular weight excluding hydrogens is 366 g/mol. The summed E-state index contributed by atoms with van der Waals surface area (Å²) >= 11 is 0. The summed E-state index contributed by atoms with van der Waals surface area (Å²) in [6.45, 7) is 1.22. The number of halogens is 2. The van der Waals surface area contributed by atoms with Crippen LogP contribution in [-0.2, 0) is 9.53 Å². The third kappa shape index (κ3) is 4.75. The highest BCUT2D eigenvalue weighted by molar-refractivity contribution is 5.98. The van der Waals surface area contributed by atoms with Crippen LogP contribution >= 0.6 is 0 Å². The van der Waals surface area contributed by atoms with Crippen molar-refractivity contribution < 1.29 is 32.8 Å². The van der Waals surface area contributed by atoms with Gasteiger partial charge in [0.15, 0.2) is 6.10 Å². The molecule has 1 N–H and O–H groups in total. The first-order chi connectivity index (χ1) is 12.7. The largest absolute Gasteiger partial charge is 0.496 e. The first kappa shape index (κ1) is 19.8.